The summed E-state index contributed by atoms with van der Waals surface area (Å²) in [6.45, 7) is 39.6. The molecule has 0 saturated carbocycles. The highest BCUT2D eigenvalue weighted by Gasteiger charge is 2.30. The first-order valence-electron chi connectivity index (χ1n) is 30.0. The van der Waals surface area contributed by atoms with Crippen molar-refractivity contribution in [2.45, 2.75) is 202 Å². The third-order valence-corrected chi connectivity index (χ3v) is 17.3. The highest BCUT2D eigenvalue weighted by molar-refractivity contribution is 5.83. The predicted molar refractivity (Wildman–Crippen MR) is 344 cm³/mol. The van der Waals surface area contributed by atoms with Crippen LogP contribution in [0.2, 0.25) is 0 Å². The van der Waals surface area contributed by atoms with Crippen LogP contribution in [0.1, 0.15) is 230 Å². The van der Waals surface area contributed by atoms with Crippen LogP contribution in [0, 0.1) is 0 Å². The Hall–Kier alpha value is -7.18. The Balaban J connectivity index is 1.36. The van der Waals surface area contributed by atoms with Crippen LogP contribution in [-0.4, -0.2) is 25.5 Å². The van der Waals surface area contributed by atoms with Crippen LogP contribution < -0.4 is 4.74 Å². The van der Waals surface area contributed by atoms with Crippen LogP contribution in [-0.2, 0) is 77.6 Å². The Labute approximate surface area is 496 Å². The number of fused-ring (bicyclic) bond motifs is 13. The molecule has 8 aromatic carbocycles. The largest absolute Gasteiger partial charge is 0.507 e. The number of ether oxygens (including phenoxy) is 1. The van der Waals surface area contributed by atoms with E-state index in [9.17, 15) is 25.5 Å². The highest BCUT2D eigenvalue weighted by atomic mass is 16.5. The van der Waals surface area contributed by atoms with Crippen LogP contribution in [0.5, 0.6) is 34.5 Å². The number of phenols is 5. The van der Waals surface area contributed by atoms with E-state index in [1.165, 1.54) is 0 Å². The predicted octanol–water partition coefficient (Wildman–Crippen LogP) is 18.6. The number of phenolic OH excluding ortho intramolecular Hbond substituents is 5. The Bertz CT molecular complexity index is 3600. The van der Waals surface area contributed by atoms with E-state index in [1.54, 1.807) is 0 Å². The molecule has 0 heterocycles. The number of benzene rings is 8. The molecule has 12 bridgehead atoms. The summed E-state index contributed by atoms with van der Waals surface area (Å²) in [5.74, 6) is 1.41. The SMILES string of the molecule is CC(C)(C)c1cc2c(O)c(c1)Cc1cc(C(C)(C)C)cc(c1O)Cc1cc(C(C)(C)C)cc(c1O)Cc1cc(C(C)(C)C)cc(c1OCc1ccc3ccccc3c1)Cc1cc(C(C)(C)C)cc(c1O)Cc1cc(C(C)(C)C)cc(c1O)C2. The molecule has 0 spiro atoms. The molecule has 0 saturated heterocycles. The van der Waals surface area contributed by atoms with E-state index in [4.69, 9.17) is 4.74 Å². The zero-order chi connectivity index (χ0) is 60.7. The summed E-state index contributed by atoms with van der Waals surface area (Å²) in [5, 5.41) is 66.1. The minimum atomic E-state index is -0.307. The van der Waals surface area contributed by atoms with Gasteiger partial charge in [0.25, 0.3) is 0 Å². The van der Waals surface area contributed by atoms with Crippen LogP contribution in [0.25, 0.3) is 10.8 Å². The quantitative estimate of drug-likeness (QED) is 0.121. The lowest BCUT2D eigenvalue weighted by atomic mass is 9.79. The maximum absolute atomic E-state index is 12.9. The third kappa shape index (κ3) is 13.1. The second kappa shape index (κ2) is 21.8. The van der Waals surface area contributed by atoms with Crippen LogP contribution in [0.15, 0.2) is 115 Å². The average molecular weight is 1110 g/mol. The van der Waals surface area contributed by atoms with Gasteiger partial charge in [-0.2, -0.15) is 0 Å². The molecule has 0 unspecified atom stereocenters. The van der Waals surface area contributed by atoms with E-state index in [0.717, 1.165) is 72.0 Å². The van der Waals surface area contributed by atoms with E-state index in [0.29, 0.717) is 63.1 Å². The smallest absolute Gasteiger partial charge is 0.126 e. The molecule has 83 heavy (non-hydrogen) atoms. The van der Waals surface area contributed by atoms with Crippen molar-refractivity contribution in [1.82, 2.24) is 0 Å². The standard InChI is InChI=1S/C77H92O6/c1-72(2,3)60-32-48-26-50-34-61(73(4,5)6)36-52(67(50)79)28-54-38-63(75(10,11)12)40-56(69(54)81)30-58-42-65(77(16,17)18)43-59(71(58)83-44-45-23-24-46-21-19-20-22-47(46)25-45)31-57-41-64(76(13,14)15)39-55(70(57)82)29-53-37-62(74(7,8)9)35-51(68(53)80)27-49(33-60)66(48)78/h19-25,32-43,78-82H,26-31,44H2,1-18H3. The number of hydrogen-bond donors (Lipinski definition) is 5. The van der Waals surface area contributed by atoms with Gasteiger partial charge in [-0.05, 0) is 155 Å². The van der Waals surface area contributed by atoms with Gasteiger partial charge in [0, 0.05) is 38.5 Å². The van der Waals surface area contributed by atoms with Crippen molar-refractivity contribution >= 4 is 10.8 Å². The van der Waals surface area contributed by atoms with Gasteiger partial charge in [0.2, 0.25) is 0 Å². The summed E-state index contributed by atoms with van der Waals surface area (Å²) >= 11 is 0. The molecular weight excluding hydrogens is 1020 g/mol. The van der Waals surface area contributed by atoms with Gasteiger partial charge in [-0.25, -0.2) is 0 Å². The summed E-state index contributed by atoms with van der Waals surface area (Å²) in [4.78, 5) is 0. The fourth-order valence-electron chi connectivity index (χ4n) is 11.7. The van der Waals surface area contributed by atoms with Crippen molar-refractivity contribution in [3.05, 3.63) is 221 Å². The number of rotatable bonds is 3. The van der Waals surface area contributed by atoms with Crippen molar-refractivity contribution < 1.29 is 30.3 Å². The molecule has 8 aromatic rings. The van der Waals surface area contributed by atoms with E-state index in [2.05, 4.69) is 240 Å². The molecule has 1 aliphatic rings. The molecular formula is C77H92O6. The van der Waals surface area contributed by atoms with Crippen molar-refractivity contribution in [3.63, 3.8) is 0 Å². The summed E-state index contributed by atoms with van der Waals surface area (Å²) in [6.07, 6.45) is 1.65. The molecule has 1 aliphatic carbocycles. The Morgan fingerprint density at radius 1 is 0.277 bits per heavy atom. The van der Waals surface area contributed by atoms with Crippen molar-refractivity contribution in [2.24, 2.45) is 0 Å². The fourth-order valence-corrected chi connectivity index (χ4v) is 11.7. The van der Waals surface area contributed by atoms with Crippen molar-refractivity contribution in [1.29, 1.82) is 0 Å². The minimum absolute atomic E-state index is 0.121. The Kier molecular flexibility index (Phi) is 15.9. The topological polar surface area (TPSA) is 110 Å². The molecule has 0 radical (unpaired) electrons. The molecule has 0 fully saturated rings. The Morgan fingerprint density at radius 2 is 0.494 bits per heavy atom. The average Bonchev–Trinajstić information content (AvgIpc) is 3.56. The minimum Gasteiger partial charge on any atom is -0.507 e. The van der Waals surface area contributed by atoms with Gasteiger partial charge >= 0.3 is 0 Å². The van der Waals surface area contributed by atoms with Gasteiger partial charge in [0.1, 0.15) is 41.1 Å². The van der Waals surface area contributed by atoms with Crippen LogP contribution in [0.3, 0.4) is 0 Å². The molecule has 9 rings (SSSR count). The Morgan fingerprint density at radius 3 is 0.735 bits per heavy atom. The van der Waals surface area contributed by atoms with Gasteiger partial charge < -0.3 is 30.3 Å². The van der Waals surface area contributed by atoms with Gasteiger partial charge in [0.15, 0.2) is 0 Å². The molecule has 5 N–H and O–H groups in total. The van der Waals surface area contributed by atoms with E-state index < -0.39 is 0 Å². The molecule has 0 aliphatic heterocycles. The molecule has 6 heteroatoms. The maximum atomic E-state index is 12.9. The van der Waals surface area contributed by atoms with Crippen molar-refractivity contribution in [3.8, 4) is 34.5 Å². The lowest BCUT2D eigenvalue weighted by Crippen LogP contribution is -2.16. The lowest BCUT2D eigenvalue weighted by Gasteiger charge is -2.27. The molecule has 436 valence electrons. The van der Waals surface area contributed by atoms with Gasteiger partial charge in [-0.15, -0.1) is 0 Å². The zero-order valence-corrected chi connectivity index (χ0v) is 53.1. The highest BCUT2D eigenvalue weighted by Crippen LogP contribution is 2.45. The van der Waals surface area contributed by atoms with E-state index in [-0.39, 0.29) is 93.5 Å². The summed E-state index contributed by atoms with van der Waals surface area (Å²) in [6, 6.07) is 40.2. The van der Waals surface area contributed by atoms with Crippen LogP contribution in [0.4, 0.5) is 0 Å². The molecule has 6 nitrogen and oxygen atoms in total. The summed E-state index contributed by atoms with van der Waals surface area (Å²) < 4.78 is 7.24. The van der Waals surface area contributed by atoms with E-state index in [1.807, 2.05) is 0 Å². The number of aromatic hydroxyl groups is 5. The molecule has 0 atom stereocenters. The fraction of sp³-hybridized carbons (Fsp3) is 0.403. The van der Waals surface area contributed by atoms with Gasteiger partial charge in [-0.1, -0.05) is 234 Å². The molecule has 0 aromatic heterocycles. The van der Waals surface area contributed by atoms with Gasteiger partial charge in [-0.3, -0.25) is 0 Å². The normalized spacial score (nSPS) is 13.9. The first-order chi connectivity index (χ1) is 38.4. The lowest BCUT2D eigenvalue weighted by molar-refractivity contribution is 0.300. The molecule has 0 amide bonds. The van der Waals surface area contributed by atoms with Crippen LogP contribution >= 0.6 is 0 Å². The van der Waals surface area contributed by atoms with Crippen molar-refractivity contribution in [2.75, 3.05) is 0 Å². The monoisotopic (exact) mass is 1110 g/mol. The second-order valence-corrected chi connectivity index (χ2v) is 30.4. The second-order valence-electron chi connectivity index (χ2n) is 30.4. The zero-order valence-electron chi connectivity index (χ0n) is 53.1. The van der Waals surface area contributed by atoms with Gasteiger partial charge in [0.05, 0.1) is 0 Å². The van der Waals surface area contributed by atoms with E-state index >= 15 is 0 Å². The first-order valence-corrected chi connectivity index (χ1v) is 30.0. The summed E-state index contributed by atoms with van der Waals surface area (Å²) in [7, 11) is 0. The number of hydrogen-bond acceptors (Lipinski definition) is 6. The third-order valence-electron chi connectivity index (χ3n) is 17.3. The maximum Gasteiger partial charge on any atom is 0.126 e. The first kappa shape index (κ1) is 60.4. The summed E-state index contributed by atoms with van der Waals surface area (Å²) in [5.41, 5.74) is 14.3.